The molecule has 1 aliphatic heterocycles. The maximum atomic E-state index is 12.0. The Morgan fingerprint density at radius 1 is 1.47 bits per heavy atom. The summed E-state index contributed by atoms with van der Waals surface area (Å²) in [4.78, 5) is 12.0. The van der Waals surface area contributed by atoms with Crippen molar-refractivity contribution in [3.8, 4) is 6.07 Å². The Labute approximate surface area is 125 Å². The standard InChI is InChI=1S/C14H15BrN2OS/c15-12-1-2-13(11(8-12)9-16)17-14(18)7-10-3-5-19-6-4-10/h1-2,8,10H,3-7H2,(H,17,18). The van der Waals surface area contributed by atoms with Gasteiger partial charge in [0, 0.05) is 10.9 Å². The summed E-state index contributed by atoms with van der Waals surface area (Å²) in [5, 5.41) is 11.9. The van der Waals surface area contributed by atoms with Crippen molar-refractivity contribution in [1.82, 2.24) is 0 Å². The molecule has 1 amide bonds. The molecule has 1 aliphatic rings. The van der Waals surface area contributed by atoms with Gasteiger partial charge in [0.15, 0.2) is 0 Å². The summed E-state index contributed by atoms with van der Waals surface area (Å²) in [7, 11) is 0. The fourth-order valence-electron chi connectivity index (χ4n) is 2.13. The van der Waals surface area contributed by atoms with E-state index in [-0.39, 0.29) is 5.91 Å². The first-order valence-corrected chi connectivity index (χ1v) is 8.21. The van der Waals surface area contributed by atoms with Crippen LogP contribution in [0.4, 0.5) is 5.69 Å². The van der Waals surface area contributed by atoms with E-state index < -0.39 is 0 Å². The van der Waals surface area contributed by atoms with Gasteiger partial charge in [-0.15, -0.1) is 0 Å². The molecule has 1 N–H and O–H groups in total. The minimum absolute atomic E-state index is 0.00993. The normalized spacial score (nSPS) is 15.8. The van der Waals surface area contributed by atoms with Crippen LogP contribution in [0, 0.1) is 17.2 Å². The van der Waals surface area contributed by atoms with E-state index in [1.54, 1.807) is 12.1 Å². The van der Waals surface area contributed by atoms with Crippen LogP contribution in [-0.2, 0) is 4.79 Å². The second kappa shape index (κ2) is 6.97. The Bertz CT molecular complexity index is 507. The lowest BCUT2D eigenvalue weighted by molar-refractivity contribution is -0.117. The van der Waals surface area contributed by atoms with Gasteiger partial charge in [0.2, 0.25) is 5.91 Å². The monoisotopic (exact) mass is 338 g/mol. The van der Waals surface area contributed by atoms with Gasteiger partial charge in [0.25, 0.3) is 0 Å². The topological polar surface area (TPSA) is 52.9 Å². The average Bonchev–Trinajstić information content (AvgIpc) is 2.42. The molecule has 0 bridgehead atoms. The molecule has 2 rings (SSSR count). The van der Waals surface area contributed by atoms with Crippen LogP contribution in [0.25, 0.3) is 0 Å². The number of benzene rings is 1. The third-order valence-corrected chi connectivity index (χ3v) is 4.73. The fraction of sp³-hybridized carbons (Fsp3) is 0.429. The maximum absolute atomic E-state index is 12.0. The summed E-state index contributed by atoms with van der Waals surface area (Å²) in [6.45, 7) is 0. The number of hydrogen-bond donors (Lipinski definition) is 1. The van der Waals surface area contributed by atoms with Crippen molar-refractivity contribution in [3.63, 3.8) is 0 Å². The zero-order chi connectivity index (χ0) is 13.7. The van der Waals surface area contributed by atoms with E-state index >= 15 is 0 Å². The van der Waals surface area contributed by atoms with E-state index in [1.165, 1.54) is 0 Å². The van der Waals surface area contributed by atoms with E-state index in [9.17, 15) is 4.79 Å². The highest BCUT2D eigenvalue weighted by atomic mass is 79.9. The Morgan fingerprint density at radius 2 is 2.21 bits per heavy atom. The highest BCUT2D eigenvalue weighted by molar-refractivity contribution is 9.10. The number of nitrogens with one attached hydrogen (secondary N) is 1. The van der Waals surface area contributed by atoms with Crippen LogP contribution in [-0.4, -0.2) is 17.4 Å². The minimum atomic E-state index is 0.00993. The van der Waals surface area contributed by atoms with E-state index in [2.05, 4.69) is 27.3 Å². The number of amides is 1. The van der Waals surface area contributed by atoms with Gasteiger partial charge in [-0.25, -0.2) is 0 Å². The van der Waals surface area contributed by atoms with Crippen molar-refractivity contribution in [3.05, 3.63) is 28.2 Å². The van der Waals surface area contributed by atoms with E-state index in [1.807, 2.05) is 17.8 Å². The molecule has 0 radical (unpaired) electrons. The van der Waals surface area contributed by atoms with Gasteiger partial charge in [-0.1, -0.05) is 15.9 Å². The van der Waals surface area contributed by atoms with E-state index in [4.69, 9.17) is 5.26 Å². The fourth-order valence-corrected chi connectivity index (χ4v) is 3.70. The van der Waals surface area contributed by atoms with Crippen molar-refractivity contribution in [2.75, 3.05) is 16.8 Å². The highest BCUT2D eigenvalue weighted by Gasteiger charge is 2.17. The molecule has 0 aromatic heterocycles. The summed E-state index contributed by atoms with van der Waals surface area (Å²) in [5.41, 5.74) is 1.09. The lowest BCUT2D eigenvalue weighted by atomic mass is 9.98. The van der Waals surface area contributed by atoms with Crippen molar-refractivity contribution < 1.29 is 4.79 Å². The molecular formula is C14H15BrN2OS. The van der Waals surface area contributed by atoms with Crippen LogP contribution in [0.3, 0.4) is 0 Å². The second-order valence-electron chi connectivity index (χ2n) is 4.61. The third kappa shape index (κ3) is 4.26. The van der Waals surface area contributed by atoms with Crippen LogP contribution in [0.1, 0.15) is 24.8 Å². The first-order chi connectivity index (χ1) is 9.19. The van der Waals surface area contributed by atoms with Crippen LogP contribution in [0.5, 0.6) is 0 Å². The largest absolute Gasteiger partial charge is 0.325 e. The zero-order valence-corrected chi connectivity index (χ0v) is 12.9. The predicted molar refractivity (Wildman–Crippen MR) is 82.2 cm³/mol. The number of hydrogen-bond acceptors (Lipinski definition) is 3. The lowest BCUT2D eigenvalue weighted by Crippen LogP contribution is -2.20. The first-order valence-electron chi connectivity index (χ1n) is 6.26. The molecule has 3 nitrogen and oxygen atoms in total. The van der Waals surface area contributed by atoms with Crippen LogP contribution < -0.4 is 5.32 Å². The number of carbonyl (C=O) groups is 1. The Kier molecular flexibility index (Phi) is 5.29. The predicted octanol–water partition coefficient (Wildman–Crippen LogP) is 3.79. The molecule has 0 spiro atoms. The zero-order valence-electron chi connectivity index (χ0n) is 10.5. The van der Waals surface area contributed by atoms with Gasteiger partial charge in [0.1, 0.15) is 6.07 Å². The number of halogens is 1. The molecular weight excluding hydrogens is 324 g/mol. The van der Waals surface area contributed by atoms with Gasteiger partial charge in [-0.2, -0.15) is 17.0 Å². The first kappa shape index (κ1) is 14.4. The SMILES string of the molecule is N#Cc1cc(Br)ccc1NC(=O)CC1CCSCC1. The van der Waals surface area contributed by atoms with Gasteiger partial charge in [-0.05, 0) is 48.5 Å². The van der Waals surface area contributed by atoms with Gasteiger partial charge in [0.05, 0.1) is 11.3 Å². The van der Waals surface area contributed by atoms with Gasteiger partial charge < -0.3 is 5.32 Å². The second-order valence-corrected chi connectivity index (χ2v) is 6.75. The van der Waals surface area contributed by atoms with Crippen LogP contribution in [0.15, 0.2) is 22.7 Å². The Balaban J connectivity index is 1.97. The smallest absolute Gasteiger partial charge is 0.224 e. The molecule has 100 valence electrons. The number of anilines is 1. The minimum Gasteiger partial charge on any atom is -0.325 e. The molecule has 1 saturated heterocycles. The Hall–Kier alpha value is -0.990. The van der Waals surface area contributed by atoms with Gasteiger partial charge in [-0.3, -0.25) is 4.79 Å². The van der Waals surface area contributed by atoms with Crippen molar-refractivity contribution >= 4 is 39.3 Å². The summed E-state index contributed by atoms with van der Waals surface area (Å²) in [6.07, 6.45) is 2.79. The molecule has 1 fully saturated rings. The van der Waals surface area contributed by atoms with Crippen molar-refractivity contribution in [1.29, 1.82) is 5.26 Å². The van der Waals surface area contributed by atoms with Crippen LogP contribution >= 0.6 is 27.7 Å². The lowest BCUT2D eigenvalue weighted by Gasteiger charge is -2.20. The van der Waals surface area contributed by atoms with Crippen molar-refractivity contribution in [2.45, 2.75) is 19.3 Å². The molecule has 0 unspecified atom stereocenters. The molecule has 0 saturated carbocycles. The molecule has 19 heavy (non-hydrogen) atoms. The summed E-state index contributed by atoms with van der Waals surface area (Å²) in [5.74, 6) is 2.80. The number of carbonyl (C=O) groups excluding carboxylic acids is 1. The molecule has 1 aromatic carbocycles. The number of nitrogens with zero attached hydrogens (tertiary/aromatic N) is 1. The average molecular weight is 339 g/mol. The maximum Gasteiger partial charge on any atom is 0.224 e. The summed E-state index contributed by atoms with van der Waals surface area (Å²) < 4.78 is 0.839. The van der Waals surface area contributed by atoms with E-state index in [0.29, 0.717) is 23.6 Å². The number of rotatable bonds is 3. The van der Waals surface area contributed by atoms with Gasteiger partial charge >= 0.3 is 0 Å². The molecule has 5 heteroatoms. The molecule has 0 atom stereocenters. The molecule has 1 aromatic rings. The quantitative estimate of drug-likeness (QED) is 0.911. The molecule has 1 heterocycles. The number of thioether (sulfide) groups is 1. The Morgan fingerprint density at radius 3 is 2.89 bits per heavy atom. The third-order valence-electron chi connectivity index (χ3n) is 3.19. The molecule has 0 aliphatic carbocycles. The van der Waals surface area contributed by atoms with Crippen LogP contribution in [0.2, 0.25) is 0 Å². The van der Waals surface area contributed by atoms with E-state index in [0.717, 1.165) is 28.8 Å². The number of nitriles is 1. The summed E-state index contributed by atoms with van der Waals surface area (Å²) >= 11 is 5.27. The summed E-state index contributed by atoms with van der Waals surface area (Å²) in [6, 6.07) is 7.40. The van der Waals surface area contributed by atoms with Crippen molar-refractivity contribution in [2.24, 2.45) is 5.92 Å². The highest BCUT2D eigenvalue weighted by Crippen LogP contribution is 2.26.